The SMILES string of the molecule is CCOC(=O)[C@@H](Cc1ccc2ccc(C(=N)N)cc2c1)c1ccc(O[C@H]2CCNC2)cc1.Cl.Cl. The topological polar surface area (TPSA) is 97.4 Å². The van der Waals surface area contributed by atoms with E-state index >= 15 is 0 Å². The Hall–Kier alpha value is -2.80. The number of carbonyl (C=O) groups excluding carboxylic acids is 1. The maximum Gasteiger partial charge on any atom is 0.313 e. The molecular formula is C26H31Cl2N3O3. The van der Waals surface area contributed by atoms with Gasteiger partial charge in [0.15, 0.2) is 0 Å². The Balaban J connectivity index is 0.00000204. The number of nitrogen functional groups attached to an aromatic ring is 1. The molecule has 8 heteroatoms. The van der Waals surface area contributed by atoms with Crippen molar-refractivity contribution in [2.24, 2.45) is 5.73 Å². The fraction of sp³-hybridized carbons (Fsp3) is 0.308. The van der Waals surface area contributed by atoms with Crippen molar-refractivity contribution in [3.05, 3.63) is 77.4 Å². The first-order valence-corrected chi connectivity index (χ1v) is 11.0. The standard InChI is InChI=1S/C26H29N3O3.2ClH/c1-2-31-26(30)24(19-7-9-22(10-8-19)32-23-11-12-29-16-23)14-17-3-4-18-5-6-20(25(27)28)15-21(18)13-17;;/h3-10,13,15,23-24,29H,2,11-12,14,16H2,1H3,(H3,27,28);2*1H/t23-,24-;;/m0../s1. The maximum atomic E-state index is 12.8. The van der Waals surface area contributed by atoms with Crippen LogP contribution in [0.1, 0.15) is 36.0 Å². The molecule has 0 saturated carbocycles. The number of fused-ring (bicyclic) bond motifs is 1. The van der Waals surface area contributed by atoms with E-state index in [1.807, 2.05) is 61.5 Å². The molecule has 0 spiro atoms. The molecule has 0 radical (unpaired) electrons. The Morgan fingerprint density at radius 3 is 2.47 bits per heavy atom. The van der Waals surface area contributed by atoms with Crippen molar-refractivity contribution in [2.45, 2.75) is 31.8 Å². The molecule has 3 aromatic rings. The quantitative estimate of drug-likeness (QED) is 0.237. The van der Waals surface area contributed by atoms with E-state index in [4.69, 9.17) is 20.6 Å². The summed E-state index contributed by atoms with van der Waals surface area (Å²) in [7, 11) is 0. The lowest BCUT2D eigenvalue weighted by Gasteiger charge is -2.18. The van der Waals surface area contributed by atoms with Gasteiger partial charge in [0.05, 0.1) is 12.5 Å². The van der Waals surface area contributed by atoms with Crippen molar-refractivity contribution >= 4 is 47.4 Å². The highest BCUT2D eigenvalue weighted by Gasteiger charge is 2.23. The summed E-state index contributed by atoms with van der Waals surface area (Å²) in [6, 6.07) is 19.6. The average Bonchev–Trinajstić information content (AvgIpc) is 3.31. The normalized spacial score (nSPS) is 15.6. The number of halogens is 2. The van der Waals surface area contributed by atoms with Crippen molar-refractivity contribution in [3.8, 4) is 5.75 Å². The Morgan fingerprint density at radius 2 is 1.82 bits per heavy atom. The number of hydrogen-bond donors (Lipinski definition) is 3. The molecular weight excluding hydrogens is 473 g/mol. The van der Waals surface area contributed by atoms with E-state index in [0.29, 0.717) is 18.6 Å². The van der Waals surface area contributed by atoms with Crippen molar-refractivity contribution in [2.75, 3.05) is 19.7 Å². The van der Waals surface area contributed by atoms with E-state index in [-0.39, 0.29) is 42.7 Å². The van der Waals surface area contributed by atoms with E-state index in [9.17, 15) is 4.79 Å². The lowest BCUT2D eigenvalue weighted by Crippen LogP contribution is -2.20. The molecule has 6 nitrogen and oxygen atoms in total. The number of nitrogens with two attached hydrogens (primary N) is 1. The minimum atomic E-state index is -0.411. The summed E-state index contributed by atoms with van der Waals surface area (Å²) in [6.07, 6.45) is 1.71. The molecule has 1 heterocycles. The van der Waals surface area contributed by atoms with Crippen molar-refractivity contribution in [3.63, 3.8) is 0 Å². The summed E-state index contributed by atoms with van der Waals surface area (Å²) in [5, 5.41) is 13.0. The van der Waals surface area contributed by atoms with Crippen LogP contribution in [0, 0.1) is 5.41 Å². The molecule has 0 unspecified atom stereocenters. The van der Waals surface area contributed by atoms with Gasteiger partial charge < -0.3 is 20.5 Å². The Labute approximate surface area is 212 Å². The first-order valence-electron chi connectivity index (χ1n) is 11.0. The van der Waals surface area contributed by atoms with Gasteiger partial charge in [-0.2, -0.15) is 0 Å². The highest BCUT2D eigenvalue weighted by molar-refractivity contribution is 5.99. The molecule has 0 aromatic heterocycles. The van der Waals surface area contributed by atoms with E-state index in [0.717, 1.165) is 47.2 Å². The van der Waals surface area contributed by atoms with Gasteiger partial charge in [0.1, 0.15) is 17.7 Å². The van der Waals surface area contributed by atoms with Gasteiger partial charge in [-0.05, 0) is 66.4 Å². The number of carbonyl (C=O) groups is 1. The van der Waals surface area contributed by atoms with E-state index in [1.165, 1.54) is 0 Å². The molecule has 1 aliphatic rings. The third-order valence-corrected chi connectivity index (χ3v) is 5.83. The highest BCUT2D eigenvalue weighted by Crippen LogP contribution is 2.27. The number of rotatable bonds is 8. The minimum Gasteiger partial charge on any atom is -0.489 e. The van der Waals surface area contributed by atoms with Crippen LogP contribution in [0.3, 0.4) is 0 Å². The van der Waals surface area contributed by atoms with Crippen molar-refractivity contribution in [1.29, 1.82) is 5.41 Å². The molecule has 1 saturated heterocycles. The van der Waals surface area contributed by atoms with Gasteiger partial charge in [-0.25, -0.2) is 0 Å². The molecule has 0 bridgehead atoms. The molecule has 3 aromatic carbocycles. The fourth-order valence-corrected chi connectivity index (χ4v) is 4.11. The Morgan fingerprint density at radius 1 is 1.09 bits per heavy atom. The average molecular weight is 504 g/mol. The molecule has 4 rings (SSSR count). The second-order valence-electron chi connectivity index (χ2n) is 8.12. The van der Waals surface area contributed by atoms with Crippen LogP contribution in [0.25, 0.3) is 10.8 Å². The summed E-state index contributed by atoms with van der Waals surface area (Å²) in [5.74, 6) is 0.203. The van der Waals surface area contributed by atoms with Crippen LogP contribution >= 0.6 is 24.8 Å². The molecule has 34 heavy (non-hydrogen) atoms. The zero-order valence-electron chi connectivity index (χ0n) is 19.1. The molecule has 4 N–H and O–H groups in total. The smallest absolute Gasteiger partial charge is 0.313 e. The second kappa shape index (κ2) is 12.6. The monoisotopic (exact) mass is 503 g/mol. The summed E-state index contributed by atoms with van der Waals surface area (Å²) >= 11 is 0. The highest BCUT2D eigenvalue weighted by atomic mass is 35.5. The number of esters is 1. The summed E-state index contributed by atoms with van der Waals surface area (Å²) < 4.78 is 11.4. The predicted octanol–water partition coefficient (Wildman–Crippen LogP) is 4.60. The van der Waals surface area contributed by atoms with Crippen LogP contribution in [0.4, 0.5) is 0 Å². The summed E-state index contributed by atoms with van der Waals surface area (Å²) in [4.78, 5) is 12.8. The largest absolute Gasteiger partial charge is 0.489 e. The zero-order valence-corrected chi connectivity index (χ0v) is 20.7. The van der Waals surface area contributed by atoms with Crippen LogP contribution in [-0.2, 0) is 16.0 Å². The van der Waals surface area contributed by atoms with Gasteiger partial charge in [-0.1, -0.05) is 42.5 Å². The van der Waals surface area contributed by atoms with Crippen LogP contribution in [-0.4, -0.2) is 37.6 Å². The van der Waals surface area contributed by atoms with Gasteiger partial charge >= 0.3 is 5.97 Å². The molecule has 1 fully saturated rings. The Kier molecular flexibility index (Phi) is 10.2. The molecule has 182 valence electrons. The first kappa shape index (κ1) is 27.4. The second-order valence-corrected chi connectivity index (χ2v) is 8.12. The molecule has 0 amide bonds. The van der Waals surface area contributed by atoms with Gasteiger partial charge in [0.2, 0.25) is 0 Å². The van der Waals surface area contributed by atoms with Gasteiger partial charge in [0, 0.05) is 12.1 Å². The number of amidine groups is 1. The number of nitrogens with one attached hydrogen (secondary N) is 2. The van der Waals surface area contributed by atoms with Crippen molar-refractivity contribution in [1.82, 2.24) is 5.32 Å². The predicted molar refractivity (Wildman–Crippen MR) is 141 cm³/mol. The van der Waals surface area contributed by atoms with E-state index in [2.05, 4.69) is 11.4 Å². The van der Waals surface area contributed by atoms with Crippen LogP contribution in [0.5, 0.6) is 5.75 Å². The molecule has 1 aliphatic heterocycles. The molecule has 2 atom stereocenters. The third kappa shape index (κ3) is 6.63. The van der Waals surface area contributed by atoms with Crippen LogP contribution in [0.15, 0.2) is 60.7 Å². The van der Waals surface area contributed by atoms with Gasteiger partial charge in [-0.3, -0.25) is 10.2 Å². The summed E-state index contributed by atoms with van der Waals surface area (Å²) in [6.45, 7) is 4.00. The molecule has 0 aliphatic carbocycles. The minimum absolute atomic E-state index is 0. The number of ether oxygens (including phenoxy) is 2. The van der Waals surface area contributed by atoms with Gasteiger partial charge in [-0.15, -0.1) is 24.8 Å². The van der Waals surface area contributed by atoms with Crippen LogP contribution < -0.4 is 15.8 Å². The maximum absolute atomic E-state index is 12.8. The summed E-state index contributed by atoms with van der Waals surface area (Å²) in [5.41, 5.74) is 8.25. The Bertz CT molecular complexity index is 1120. The number of benzene rings is 3. The van der Waals surface area contributed by atoms with E-state index in [1.54, 1.807) is 0 Å². The third-order valence-electron chi connectivity index (χ3n) is 5.83. The zero-order chi connectivity index (χ0) is 22.5. The first-order chi connectivity index (χ1) is 15.5. The van der Waals surface area contributed by atoms with Crippen molar-refractivity contribution < 1.29 is 14.3 Å². The van der Waals surface area contributed by atoms with E-state index < -0.39 is 5.92 Å². The lowest BCUT2D eigenvalue weighted by molar-refractivity contribution is -0.144. The van der Waals surface area contributed by atoms with Crippen LogP contribution in [0.2, 0.25) is 0 Å². The fourth-order valence-electron chi connectivity index (χ4n) is 4.11. The van der Waals surface area contributed by atoms with Gasteiger partial charge in [0.25, 0.3) is 0 Å². The number of hydrogen-bond acceptors (Lipinski definition) is 5. The lowest BCUT2D eigenvalue weighted by atomic mass is 9.91.